The number of carbonyl (C=O) groups excluding carboxylic acids is 2. The quantitative estimate of drug-likeness (QED) is 0.770. The number of hydrogen-bond donors (Lipinski definition) is 2. The van der Waals surface area contributed by atoms with Gasteiger partial charge < -0.3 is 15.4 Å². The van der Waals surface area contributed by atoms with Crippen LogP contribution < -0.4 is 10.6 Å². The van der Waals surface area contributed by atoms with Crippen molar-refractivity contribution in [3.8, 4) is 11.1 Å². The summed E-state index contributed by atoms with van der Waals surface area (Å²) in [6, 6.07) is 14.9. The molecule has 0 aliphatic carbocycles. The molecule has 28 heavy (non-hydrogen) atoms. The number of rotatable bonds is 7. The van der Waals surface area contributed by atoms with Crippen LogP contribution >= 0.6 is 0 Å². The van der Waals surface area contributed by atoms with E-state index in [1.807, 2.05) is 56.3 Å². The van der Waals surface area contributed by atoms with Gasteiger partial charge in [-0.15, -0.1) is 0 Å². The molecule has 0 spiro atoms. The number of carbonyl (C=O) groups is 2. The van der Waals surface area contributed by atoms with Gasteiger partial charge in [-0.3, -0.25) is 9.59 Å². The average molecular weight is 380 g/mol. The van der Waals surface area contributed by atoms with Crippen molar-refractivity contribution in [1.29, 1.82) is 0 Å². The van der Waals surface area contributed by atoms with E-state index in [2.05, 4.69) is 10.6 Å². The Morgan fingerprint density at radius 3 is 2.68 bits per heavy atom. The first kappa shape index (κ1) is 20.1. The normalized spacial score (nSPS) is 16.2. The smallest absolute Gasteiger partial charge is 0.252 e. The van der Waals surface area contributed by atoms with E-state index in [4.69, 9.17) is 4.74 Å². The molecule has 2 aromatic rings. The lowest BCUT2D eigenvalue weighted by molar-refractivity contribution is 0.0938. The van der Waals surface area contributed by atoms with Gasteiger partial charge in [0.15, 0.2) is 0 Å². The summed E-state index contributed by atoms with van der Waals surface area (Å²) >= 11 is 0. The first-order valence-corrected chi connectivity index (χ1v) is 9.91. The van der Waals surface area contributed by atoms with Gasteiger partial charge in [-0.1, -0.05) is 30.3 Å². The third kappa shape index (κ3) is 5.20. The second-order valence-electron chi connectivity index (χ2n) is 7.53. The highest BCUT2D eigenvalue weighted by atomic mass is 16.5. The van der Waals surface area contributed by atoms with Gasteiger partial charge in [0, 0.05) is 36.9 Å². The van der Waals surface area contributed by atoms with Crippen molar-refractivity contribution in [2.24, 2.45) is 5.92 Å². The zero-order chi connectivity index (χ0) is 19.9. The molecular weight excluding hydrogens is 352 g/mol. The molecule has 2 amide bonds. The Hall–Kier alpha value is -2.66. The van der Waals surface area contributed by atoms with Crippen LogP contribution in [0.2, 0.25) is 0 Å². The highest BCUT2D eigenvalue weighted by Gasteiger charge is 2.17. The number of ether oxygens (including phenoxy) is 1. The fourth-order valence-electron chi connectivity index (χ4n) is 3.40. The van der Waals surface area contributed by atoms with Crippen molar-refractivity contribution in [2.75, 3.05) is 19.8 Å². The molecule has 1 aliphatic heterocycles. The molecule has 1 unspecified atom stereocenters. The minimum absolute atomic E-state index is 0.0583. The summed E-state index contributed by atoms with van der Waals surface area (Å²) in [7, 11) is 0. The lowest BCUT2D eigenvalue weighted by Gasteiger charge is -2.13. The summed E-state index contributed by atoms with van der Waals surface area (Å²) in [5.74, 6) is 0.335. The second kappa shape index (κ2) is 9.51. The van der Waals surface area contributed by atoms with E-state index >= 15 is 0 Å². The van der Waals surface area contributed by atoms with Crippen LogP contribution in [0.5, 0.6) is 0 Å². The third-order valence-electron chi connectivity index (χ3n) is 4.89. The predicted molar refractivity (Wildman–Crippen MR) is 110 cm³/mol. The Kier molecular flexibility index (Phi) is 6.82. The Balaban J connectivity index is 1.72. The SMILES string of the molecule is CC(C)NC(=O)c1ccccc1-c1cccc(C(=O)NCCC2CCOC2)c1. The minimum atomic E-state index is -0.112. The van der Waals surface area contributed by atoms with Crippen molar-refractivity contribution in [3.05, 3.63) is 59.7 Å². The molecule has 1 fully saturated rings. The first-order chi connectivity index (χ1) is 13.5. The molecule has 148 valence electrons. The van der Waals surface area contributed by atoms with Crippen LogP contribution in [0.4, 0.5) is 0 Å². The highest BCUT2D eigenvalue weighted by molar-refractivity contribution is 6.02. The molecule has 3 rings (SSSR count). The van der Waals surface area contributed by atoms with E-state index in [1.165, 1.54) is 0 Å². The van der Waals surface area contributed by atoms with Crippen LogP contribution in [0.15, 0.2) is 48.5 Å². The number of benzene rings is 2. The van der Waals surface area contributed by atoms with Gasteiger partial charge in [0.05, 0.1) is 0 Å². The largest absolute Gasteiger partial charge is 0.381 e. The lowest BCUT2D eigenvalue weighted by atomic mass is 9.97. The molecular formula is C23H28N2O3. The zero-order valence-corrected chi connectivity index (χ0v) is 16.5. The van der Waals surface area contributed by atoms with Crippen LogP contribution in [-0.4, -0.2) is 37.6 Å². The number of hydrogen-bond acceptors (Lipinski definition) is 3. The summed E-state index contributed by atoms with van der Waals surface area (Å²) in [5.41, 5.74) is 2.87. The number of amides is 2. The average Bonchev–Trinajstić information content (AvgIpc) is 3.21. The van der Waals surface area contributed by atoms with Gasteiger partial charge in [-0.2, -0.15) is 0 Å². The fraction of sp³-hybridized carbons (Fsp3) is 0.391. The molecule has 2 aromatic carbocycles. The predicted octanol–water partition coefficient (Wildman–Crippen LogP) is 3.65. The van der Waals surface area contributed by atoms with Crippen molar-refractivity contribution in [1.82, 2.24) is 10.6 Å². The Morgan fingerprint density at radius 1 is 1.11 bits per heavy atom. The van der Waals surface area contributed by atoms with Crippen molar-refractivity contribution < 1.29 is 14.3 Å². The van der Waals surface area contributed by atoms with E-state index in [-0.39, 0.29) is 17.9 Å². The topological polar surface area (TPSA) is 67.4 Å². The fourth-order valence-corrected chi connectivity index (χ4v) is 3.40. The third-order valence-corrected chi connectivity index (χ3v) is 4.89. The van der Waals surface area contributed by atoms with Gasteiger partial charge in [-0.25, -0.2) is 0 Å². The van der Waals surface area contributed by atoms with Crippen molar-refractivity contribution >= 4 is 11.8 Å². The van der Waals surface area contributed by atoms with Crippen molar-refractivity contribution in [3.63, 3.8) is 0 Å². The monoisotopic (exact) mass is 380 g/mol. The molecule has 0 radical (unpaired) electrons. The van der Waals surface area contributed by atoms with E-state index in [9.17, 15) is 9.59 Å². The zero-order valence-electron chi connectivity index (χ0n) is 16.5. The van der Waals surface area contributed by atoms with Gasteiger partial charge >= 0.3 is 0 Å². The van der Waals surface area contributed by atoms with E-state index in [0.29, 0.717) is 23.6 Å². The second-order valence-corrected chi connectivity index (χ2v) is 7.53. The Bertz CT molecular complexity index is 826. The Morgan fingerprint density at radius 2 is 1.93 bits per heavy atom. The van der Waals surface area contributed by atoms with E-state index < -0.39 is 0 Å². The summed E-state index contributed by atoms with van der Waals surface area (Å²) in [5, 5.41) is 5.93. The maximum Gasteiger partial charge on any atom is 0.252 e. The lowest BCUT2D eigenvalue weighted by Crippen LogP contribution is -2.30. The first-order valence-electron chi connectivity index (χ1n) is 9.91. The maximum absolute atomic E-state index is 12.5. The molecule has 2 N–H and O–H groups in total. The molecule has 5 nitrogen and oxygen atoms in total. The Labute approximate surface area is 166 Å². The summed E-state index contributed by atoms with van der Waals surface area (Å²) in [4.78, 5) is 25.1. The molecule has 5 heteroatoms. The summed E-state index contributed by atoms with van der Waals surface area (Å²) in [6.07, 6.45) is 2.00. The van der Waals surface area contributed by atoms with Gasteiger partial charge in [0.2, 0.25) is 0 Å². The molecule has 0 saturated carbocycles. The highest BCUT2D eigenvalue weighted by Crippen LogP contribution is 2.25. The standard InChI is InChI=1S/C23H28N2O3/c1-16(2)25-23(27)21-9-4-3-8-20(21)18-6-5-7-19(14-18)22(26)24-12-10-17-11-13-28-15-17/h3-9,14,16-17H,10-13,15H2,1-2H3,(H,24,26)(H,25,27). The molecule has 1 atom stereocenters. The van der Waals surface area contributed by atoms with Crippen molar-refractivity contribution in [2.45, 2.75) is 32.7 Å². The van der Waals surface area contributed by atoms with Crippen LogP contribution in [0.3, 0.4) is 0 Å². The van der Waals surface area contributed by atoms with E-state index in [1.54, 1.807) is 6.07 Å². The molecule has 0 bridgehead atoms. The maximum atomic E-state index is 12.5. The van der Waals surface area contributed by atoms with Crippen LogP contribution in [0.1, 0.15) is 47.4 Å². The number of nitrogens with one attached hydrogen (secondary N) is 2. The summed E-state index contributed by atoms with van der Waals surface area (Å²) in [6.45, 7) is 6.13. The minimum Gasteiger partial charge on any atom is -0.381 e. The molecule has 1 heterocycles. The summed E-state index contributed by atoms with van der Waals surface area (Å²) < 4.78 is 5.37. The van der Waals surface area contributed by atoms with Crippen LogP contribution in [0.25, 0.3) is 11.1 Å². The van der Waals surface area contributed by atoms with Gasteiger partial charge in [0.1, 0.15) is 0 Å². The molecule has 0 aromatic heterocycles. The van der Waals surface area contributed by atoms with E-state index in [0.717, 1.165) is 37.2 Å². The van der Waals surface area contributed by atoms with Crippen LogP contribution in [0, 0.1) is 5.92 Å². The van der Waals surface area contributed by atoms with Gasteiger partial charge in [-0.05, 0) is 61.9 Å². The van der Waals surface area contributed by atoms with Crippen LogP contribution in [-0.2, 0) is 4.74 Å². The van der Waals surface area contributed by atoms with Gasteiger partial charge in [0.25, 0.3) is 11.8 Å². The molecule has 1 saturated heterocycles. The molecule has 1 aliphatic rings.